The summed E-state index contributed by atoms with van der Waals surface area (Å²) in [4.78, 5) is 31.0. The first-order chi connectivity index (χ1) is 18.5. The van der Waals surface area contributed by atoms with E-state index in [1.165, 1.54) is 6.20 Å². The lowest BCUT2D eigenvalue weighted by Gasteiger charge is -2.13. The summed E-state index contributed by atoms with van der Waals surface area (Å²) in [6.45, 7) is 1.88. The van der Waals surface area contributed by atoms with E-state index in [0.29, 0.717) is 62.3 Å². The van der Waals surface area contributed by atoms with Gasteiger partial charge in [-0.05, 0) is 37.1 Å². The molecule has 0 spiro atoms. The molecule has 0 aromatic carbocycles. The Balaban J connectivity index is 1.28. The van der Waals surface area contributed by atoms with E-state index < -0.39 is 12.2 Å². The highest BCUT2D eigenvalue weighted by Crippen LogP contribution is 2.15. The second-order valence-electron chi connectivity index (χ2n) is 7.97. The molecule has 4 N–H and O–H groups in total. The maximum Gasteiger partial charge on any atom is 0.303 e. The molecule has 0 bridgehead atoms. The normalized spacial score (nSPS) is 11.7. The molecule has 3 heterocycles. The summed E-state index contributed by atoms with van der Waals surface area (Å²) >= 11 is 0. The third kappa shape index (κ3) is 10.6. The van der Waals surface area contributed by atoms with Crippen LogP contribution in [0.3, 0.4) is 0 Å². The number of nitrogens with one attached hydrogen (secondary N) is 2. The van der Waals surface area contributed by atoms with Gasteiger partial charge in [0.25, 0.3) is 0 Å². The SMILES string of the molecule is O=C(O)CCCOCCOCCNC(O)CCC(=O)Nc1ccc(-c2nnc(-c3ccccn3)nn2)nc1. The summed E-state index contributed by atoms with van der Waals surface area (Å²) in [5, 5.41) is 40.3. The smallest absolute Gasteiger partial charge is 0.303 e. The average molecular weight is 527 g/mol. The lowest BCUT2D eigenvalue weighted by Crippen LogP contribution is -2.32. The van der Waals surface area contributed by atoms with Crippen LogP contribution in [0, 0.1) is 0 Å². The van der Waals surface area contributed by atoms with Crippen molar-refractivity contribution < 1.29 is 29.3 Å². The fraction of sp³-hybridized carbons (Fsp3) is 0.417. The number of pyridine rings is 2. The Hall–Kier alpha value is -3.98. The van der Waals surface area contributed by atoms with Crippen molar-refractivity contribution in [2.24, 2.45) is 0 Å². The van der Waals surface area contributed by atoms with E-state index >= 15 is 0 Å². The highest BCUT2D eigenvalue weighted by molar-refractivity contribution is 5.90. The van der Waals surface area contributed by atoms with Crippen LogP contribution in [0.25, 0.3) is 23.0 Å². The first kappa shape index (κ1) is 28.6. The minimum atomic E-state index is -0.858. The molecule has 1 atom stereocenters. The predicted molar refractivity (Wildman–Crippen MR) is 134 cm³/mol. The average Bonchev–Trinajstić information content (AvgIpc) is 2.94. The van der Waals surface area contributed by atoms with Gasteiger partial charge in [0.15, 0.2) is 0 Å². The molecule has 38 heavy (non-hydrogen) atoms. The lowest BCUT2D eigenvalue weighted by molar-refractivity contribution is -0.137. The highest BCUT2D eigenvalue weighted by Gasteiger charge is 2.11. The van der Waals surface area contributed by atoms with Crippen molar-refractivity contribution in [3.05, 3.63) is 42.7 Å². The minimum Gasteiger partial charge on any atom is -0.481 e. The maximum absolute atomic E-state index is 12.2. The fourth-order valence-corrected chi connectivity index (χ4v) is 3.07. The Morgan fingerprint density at radius 3 is 2.21 bits per heavy atom. The Kier molecular flexibility index (Phi) is 12.0. The summed E-state index contributed by atoms with van der Waals surface area (Å²) in [5.41, 5.74) is 1.50. The number of anilines is 1. The van der Waals surface area contributed by atoms with Crippen molar-refractivity contribution in [3.8, 4) is 23.0 Å². The fourth-order valence-electron chi connectivity index (χ4n) is 3.07. The van der Waals surface area contributed by atoms with Gasteiger partial charge in [-0.2, -0.15) is 0 Å². The first-order valence-corrected chi connectivity index (χ1v) is 12.0. The third-order valence-corrected chi connectivity index (χ3v) is 4.97. The number of aromatic nitrogens is 6. The molecule has 0 radical (unpaired) electrons. The number of aliphatic hydroxyl groups is 1. The van der Waals surface area contributed by atoms with Gasteiger partial charge in [-0.3, -0.25) is 24.9 Å². The van der Waals surface area contributed by atoms with Crippen LogP contribution in [0.4, 0.5) is 5.69 Å². The van der Waals surface area contributed by atoms with Crippen LogP contribution in [-0.4, -0.2) is 91.7 Å². The number of carboxylic acids is 1. The summed E-state index contributed by atoms with van der Waals surface area (Å²) in [6.07, 6.45) is 3.12. The molecule has 14 nitrogen and oxygen atoms in total. The van der Waals surface area contributed by atoms with E-state index in [2.05, 4.69) is 41.0 Å². The van der Waals surface area contributed by atoms with Gasteiger partial charge in [0.05, 0.1) is 31.7 Å². The number of carboxylic acid groups (broad SMARTS) is 1. The van der Waals surface area contributed by atoms with E-state index in [4.69, 9.17) is 14.6 Å². The zero-order chi connectivity index (χ0) is 27.0. The monoisotopic (exact) mass is 526 g/mol. The molecular formula is C24H30N8O6. The number of amides is 1. The Labute approximate surface area is 218 Å². The van der Waals surface area contributed by atoms with E-state index in [1.54, 1.807) is 30.5 Å². The van der Waals surface area contributed by atoms with Crippen LogP contribution in [0.15, 0.2) is 42.7 Å². The zero-order valence-electron chi connectivity index (χ0n) is 20.7. The summed E-state index contributed by atoms with van der Waals surface area (Å²) in [6, 6.07) is 8.67. The molecule has 3 aromatic rings. The molecule has 0 fully saturated rings. The molecule has 14 heteroatoms. The van der Waals surface area contributed by atoms with Crippen LogP contribution in [-0.2, 0) is 19.1 Å². The van der Waals surface area contributed by atoms with Crippen molar-refractivity contribution in [3.63, 3.8) is 0 Å². The Morgan fingerprint density at radius 1 is 0.868 bits per heavy atom. The molecule has 202 valence electrons. The van der Waals surface area contributed by atoms with Crippen molar-refractivity contribution in [2.45, 2.75) is 31.9 Å². The molecule has 1 amide bonds. The number of nitrogens with zero attached hydrogens (tertiary/aromatic N) is 6. The standard InChI is InChI=1S/C24H30N8O6/c33-20(26-11-13-38-15-14-37-12-3-5-22(35)36)8-9-21(34)28-17-6-7-19(27-16-17)24-31-29-23(30-32-24)18-4-1-2-10-25-18/h1-2,4,6-7,10,16,20,26,33H,3,5,8-9,11-15H2,(H,28,34)(H,35,36). The molecule has 0 saturated carbocycles. The van der Waals surface area contributed by atoms with Gasteiger partial charge in [-0.15, -0.1) is 20.4 Å². The van der Waals surface area contributed by atoms with Crippen LogP contribution in [0.1, 0.15) is 25.7 Å². The third-order valence-electron chi connectivity index (χ3n) is 4.97. The van der Waals surface area contributed by atoms with E-state index in [9.17, 15) is 14.7 Å². The van der Waals surface area contributed by atoms with Crippen molar-refractivity contribution in [1.82, 2.24) is 35.7 Å². The van der Waals surface area contributed by atoms with E-state index in [-0.39, 0.29) is 31.0 Å². The number of carbonyl (C=O) groups is 2. The van der Waals surface area contributed by atoms with Crippen LogP contribution in [0.5, 0.6) is 0 Å². The summed E-state index contributed by atoms with van der Waals surface area (Å²) in [7, 11) is 0. The minimum absolute atomic E-state index is 0.0817. The number of hydrogen-bond acceptors (Lipinski definition) is 12. The number of aliphatic carboxylic acids is 1. The second kappa shape index (κ2) is 16.0. The first-order valence-electron chi connectivity index (χ1n) is 12.0. The van der Waals surface area contributed by atoms with Crippen LogP contribution in [0.2, 0.25) is 0 Å². The summed E-state index contributed by atoms with van der Waals surface area (Å²) < 4.78 is 10.6. The van der Waals surface area contributed by atoms with Crippen LogP contribution >= 0.6 is 0 Å². The van der Waals surface area contributed by atoms with Crippen molar-refractivity contribution in [1.29, 1.82) is 0 Å². The molecule has 0 aliphatic heterocycles. The molecule has 0 saturated heterocycles. The molecule has 3 rings (SSSR count). The summed E-state index contributed by atoms with van der Waals surface area (Å²) in [5.74, 6) is -0.566. The van der Waals surface area contributed by atoms with Gasteiger partial charge in [0.1, 0.15) is 17.6 Å². The Bertz CT molecular complexity index is 1120. The maximum atomic E-state index is 12.2. The zero-order valence-corrected chi connectivity index (χ0v) is 20.7. The molecule has 0 aliphatic carbocycles. The number of rotatable bonds is 17. The van der Waals surface area contributed by atoms with E-state index in [1.807, 2.05) is 6.07 Å². The molecule has 1 unspecified atom stereocenters. The molecule has 0 aliphatic rings. The lowest BCUT2D eigenvalue weighted by atomic mass is 10.2. The van der Waals surface area contributed by atoms with Crippen molar-refractivity contribution in [2.75, 3.05) is 38.3 Å². The predicted octanol–water partition coefficient (Wildman–Crippen LogP) is 0.915. The molecule has 3 aromatic heterocycles. The van der Waals surface area contributed by atoms with Gasteiger partial charge in [-0.25, -0.2) is 0 Å². The largest absolute Gasteiger partial charge is 0.481 e. The highest BCUT2D eigenvalue weighted by atomic mass is 16.5. The number of ether oxygens (including phenoxy) is 2. The number of hydrogen-bond donors (Lipinski definition) is 4. The quantitative estimate of drug-likeness (QED) is 0.143. The Morgan fingerprint density at radius 2 is 1.58 bits per heavy atom. The number of aliphatic hydroxyl groups excluding tert-OH is 1. The van der Waals surface area contributed by atoms with Crippen LogP contribution < -0.4 is 10.6 Å². The topological polar surface area (TPSA) is 194 Å². The van der Waals surface area contributed by atoms with E-state index in [0.717, 1.165) is 0 Å². The van der Waals surface area contributed by atoms with Gasteiger partial charge >= 0.3 is 5.97 Å². The van der Waals surface area contributed by atoms with Gasteiger partial charge in [-0.1, -0.05) is 6.07 Å². The van der Waals surface area contributed by atoms with Gasteiger partial charge in [0, 0.05) is 32.2 Å². The molecular weight excluding hydrogens is 496 g/mol. The van der Waals surface area contributed by atoms with Crippen molar-refractivity contribution >= 4 is 17.6 Å². The van der Waals surface area contributed by atoms with Gasteiger partial charge < -0.3 is 25.0 Å². The second-order valence-corrected chi connectivity index (χ2v) is 7.97. The van der Waals surface area contributed by atoms with Gasteiger partial charge in [0.2, 0.25) is 17.6 Å². The number of carbonyl (C=O) groups excluding carboxylic acids is 1.